The maximum absolute atomic E-state index is 13.7. The van der Waals surface area contributed by atoms with E-state index < -0.39 is 17.5 Å². The number of urea groups is 1. The first-order valence-electron chi connectivity index (χ1n) is 9.73. The minimum atomic E-state index is -1.39. The Morgan fingerprint density at radius 1 is 1.03 bits per heavy atom. The topological polar surface area (TPSA) is 104 Å². The van der Waals surface area contributed by atoms with E-state index in [0.717, 1.165) is 27.1 Å². The Bertz CT molecular complexity index is 1280. The molecule has 1 saturated heterocycles. The summed E-state index contributed by atoms with van der Waals surface area (Å²) >= 11 is 0. The Morgan fingerprint density at radius 3 is 2.52 bits per heavy atom. The predicted molar refractivity (Wildman–Crippen MR) is 115 cm³/mol. The van der Waals surface area contributed by atoms with E-state index in [9.17, 15) is 9.59 Å². The number of imide groups is 1. The summed E-state index contributed by atoms with van der Waals surface area (Å²) < 4.78 is 5.24. The second-order valence-electron chi connectivity index (χ2n) is 7.48. The van der Waals surface area contributed by atoms with Crippen LogP contribution in [0.4, 0.5) is 4.79 Å². The van der Waals surface area contributed by atoms with Gasteiger partial charge in [0.05, 0.1) is 12.7 Å². The van der Waals surface area contributed by atoms with Crippen LogP contribution in [0.3, 0.4) is 0 Å². The van der Waals surface area contributed by atoms with E-state index in [0.29, 0.717) is 11.4 Å². The fraction of sp³-hybridized carbons (Fsp3) is 0.182. The van der Waals surface area contributed by atoms with Gasteiger partial charge in [0.25, 0.3) is 11.4 Å². The summed E-state index contributed by atoms with van der Waals surface area (Å²) in [5.41, 5.74) is 3.94. The van der Waals surface area contributed by atoms with E-state index >= 15 is 0 Å². The number of benzene rings is 2. The third-order valence-corrected chi connectivity index (χ3v) is 5.81. The number of aromatic amines is 1. The molecule has 3 heterocycles. The van der Waals surface area contributed by atoms with Crippen molar-refractivity contribution in [3.8, 4) is 5.75 Å². The van der Waals surface area contributed by atoms with Crippen molar-refractivity contribution >= 4 is 34.5 Å². The lowest BCUT2D eigenvalue weighted by Crippen LogP contribution is -2.97. The Morgan fingerprint density at radius 2 is 1.77 bits per heavy atom. The monoisotopic (exact) mass is 417 g/mol. The second-order valence-corrected chi connectivity index (χ2v) is 7.48. The number of methoxy groups -OCH3 is 1. The van der Waals surface area contributed by atoms with Crippen LogP contribution in [0.2, 0.25) is 0 Å². The predicted octanol–water partition coefficient (Wildman–Crippen LogP) is 0.340. The number of carbonyl (C=O) groups excluding carboxylic acids is 2. The van der Waals surface area contributed by atoms with Crippen LogP contribution in [-0.2, 0) is 10.3 Å². The molecule has 2 aliphatic rings. The number of amidine groups is 2. The molecule has 3 aromatic rings. The summed E-state index contributed by atoms with van der Waals surface area (Å²) in [5.74, 6) is 1.13. The number of ether oxygens (including phenoxy) is 1. The number of H-pyrrole nitrogens is 1. The van der Waals surface area contributed by atoms with Crippen LogP contribution in [0.15, 0.2) is 59.8 Å². The fourth-order valence-electron chi connectivity index (χ4n) is 4.17. The number of rotatable bonds is 3. The van der Waals surface area contributed by atoms with Gasteiger partial charge in [-0.15, -0.1) is 5.43 Å². The first-order valence-corrected chi connectivity index (χ1v) is 9.73. The van der Waals surface area contributed by atoms with E-state index in [1.54, 1.807) is 20.4 Å². The lowest BCUT2D eigenvalue weighted by atomic mass is 9.84. The zero-order valence-corrected chi connectivity index (χ0v) is 17.3. The molecule has 3 amide bonds. The highest BCUT2D eigenvalue weighted by Crippen LogP contribution is 2.33. The van der Waals surface area contributed by atoms with E-state index in [4.69, 9.17) is 4.74 Å². The Kier molecular flexibility index (Phi) is 4.07. The quantitative estimate of drug-likeness (QED) is 0.572. The molecule has 0 saturated carbocycles. The lowest BCUT2D eigenvalue weighted by Gasteiger charge is -2.40. The van der Waals surface area contributed by atoms with Crippen molar-refractivity contribution < 1.29 is 19.3 Å². The SMILES string of the molecule is COc1ccc(C2=[NH+][C@]3(c4c[nH]c5ccccc45)C(=O)N(C)C(=O)N(C)C3=NN2)cc1. The number of hydrogen-bond donors (Lipinski definition) is 3. The molecule has 0 aliphatic carbocycles. The van der Waals surface area contributed by atoms with Crippen molar-refractivity contribution in [2.24, 2.45) is 5.10 Å². The molecule has 0 unspecified atom stereocenters. The smallest absolute Gasteiger partial charge is 0.331 e. The number of carbonyl (C=O) groups is 2. The minimum absolute atomic E-state index is 0.280. The van der Waals surface area contributed by atoms with Crippen LogP contribution in [0.1, 0.15) is 11.1 Å². The zero-order valence-electron chi connectivity index (χ0n) is 17.3. The van der Waals surface area contributed by atoms with Gasteiger partial charge >= 0.3 is 11.9 Å². The Hall–Kier alpha value is -4.14. The van der Waals surface area contributed by atoms with Gasteiger partial charge in [-0.1, -0.05) is 23.3 Å². The first-order chi connectivity index (χ1) is 15.0. The highest BCUT2D eigenvalue weighted by atomic mass is 16.5. The third kappa shape index (κ3) is 2.56. The summed E-state index contributed by atoms with van der Waals surface area (Å²) in [7, 11) is 4.69. The number of nitrogens with one attached hydrogen (secondary N) is 3. The molecule has 2 aliphatic heterocycles. The van der Waals surface area contributed by atoms with E-state index in [2.05, 4.69) is 20.5 Å². The molecule has 1 fully saturated rings. The van der Waals surface area contributed by atoms with Crippen LogP contribution in [0, 0.1) is 0 Å². The molecule has 0 bridgehead atoms. The molecule has 9 nitrogen and oxygen atoms in total. The highest BCUT2D eigenvalue weighted by molar-refractivity contribution is 6.25. The number of para-hydroxylation sites is 1. The van der Waals surface area contributed by atoms with Crippen LogP contribution >= 0.6 is 0 Å². The largest absolute Gasteiger partial charge is 0.497 e. The number of hydrogen-bond acceptors (Lipinski definition) is 5. The summed E-state index contributed by atoms with van der Waals surface area (Å²) in [6.07, 6.45) is 1.79. The first kappa shape index (κ1) is 18.9. The van der Waals surface area contributed by atoms with Gasteiger partial charge in [-0.05, 0) is 30.3 Å². The van der Waals surface area contributed by atoms with Gasteiger partial charge in [-0.25, -0.2) is 9.79 Å². The molecular weight excluding hydrogens is 396 g/mol. The molecule has 31 heavy (non-hydrogen) atoms. The van der Waals surface area contributed by atoms with Gasteiger partial charge in [-0.3, -0.25) is 14.6 Å². The standard InChI is InChI=1S/C22H20N6O3/c1-27-19-22(20(29)28(2)21(27)30,16-12-23-17-7-5-4-6-15(16)17)24-18(25-26-19)13-8-10-14(31-3)11-9-13/h4-12,23H,1-3H3,(H,24,25)/p+1/t22-/m0/s1. The number of hydrazone groups is 1. The normalized spacial score (nSPS) is 20.9. The summed E-state index contributed by atoms with van der Waals surface area (Å²) in [5, 5.41) is 5.35. The Labute approximate surface area is 178 Å². The molecule has 2 aromatic carbocycles. The van der Waals surface area contributed by atoms with Crippen molar-refractivity contribution in [1.29, 1.82) is 0 Å². The number of fused-ring (bicyclic) bond motifs is 2. The zero-order chi connectivity index (χ0) is 21.8. The minimum Gasteiger partial charge on any atom is -0.497 e. The lowest BCUT2D eigenvalue weighted by molar-refractivity contribution is -0.527. The van der Waals surface area contributed by atoms with E-state index in [1.807, 2.05) is 48.5 Å². The van der Waals surface area contributed by atoms with Crippen molar-refractivity contribution in [3.05, 3.63) is 65.9 Å². The van der Waals surface area contributed by atoms with Crippen molar-refractivity contribution in [1.82, 2.24) is 20.2 Å². The maximum atomic E-state index is 13.7. The van der Waals surface area contributed by atoms with Crippen LogP contribution in [0.5, 0.6) is 5.75 Å². The molecular formula is C22H21N6O3+. The van der Waals surface area contributed by atoms with Crippen LogP contribution < -0.4 is 15.2 Å². The van der Waals surface area contributed by atoms with Gasteiger partial charge in [0.1, 0.15) is 5.75 Å². The average Bonchev–Trinajstić information content (AvgIpc) is 3.25. The van der Waals surface area contributed by atoms with Crippen molar-refractivity contribution in [2.75, 3.05) is 21.2 Å². The highest BCUT2D eigenvalue weighted by Gasteiger charge is 2.60. The van der Waals surface area contributed by atoms with E-state index in [1.165, 1.54) is 11.9 Å². The number of nitrogens with zero attached hydrogens (tertiary/aromatic N) is 3. The molecule has 0 spiro atoms. The molecule has 0 radical (unpaired) electrons. The summed E-state index contributed by atoms with van der Waals surface area (Å²) in [4.78, 5) is 35.5. The molecule has 1 atom stereocenters. The third-order valence-electron chi connectivity index (χ3n) is 5.81. The van der Waals surface area contributed by atoms with Crippen molar-refractivity contribution in [2.45, 2.75) is 5.54 Å². The summed E-state index contributed by atoms with van der Waals surface area (Å²) in [6, 6.07) is 14.6. The van der Waals surface area contributed by atoms with Gasteiger partial charge in [0.15, 0.2) is 0 Å². The van der Waals surface area contributed by atoms with E-state index in [-0.39, 0.29) is 5.84 Å². The van der Waals surface area contributed by atoms with Crippen molar-refractivity contribution in [3.63, 3.8) is 0 Å². The number of amides is 3. The summed E-state index contributed by atoms with van der Waals surface area (Å²) in [6.45, 7) is 0. The number of likely N-dealkylation sites (N-methyl/N-ethyl adjacent to an activating group) is 2. The Balaban J connectivity index is 1.77. The molecule has 3 N–H and O–H groups in total. The molecule has 9 heteroatoms. The van der Waals surface area contributed by atoms with Gasteiger partial charge in [0, 0.05) is 36.8 Å². The van der Waals surface area contributed by atoms with Gasteiger partial charge < -0.3 is 9.72 Å². The maximum Gasteiger partial charge on any atom is 0.331 e. The fourth-order valence-corrected chi connectivity index (χ4v) is 4.17. The second kappa shape index (κ2) is 6.69. The average molecular weight is 417 g/mol. The van der Waals surface area contributed by atoms with Crippen LogP contribution in [-0.4, -0.2) is 59.6 Å². The number of aromatic nitrogens is 1. The van der Waals surface area contributed by atoms with Crippen LogP contribution in [0.25, 0.3) is 10.9 Å². The van der Waals surface area contributed by atoms with Gasteiger partial charge in [0.2, 0.25) is 5.84 Å². The molecule has 156 valence electrons. The van der Waals surface area contributed by atoms with Gasteiger partial charge in [-0.2, -0.15) is 0 Å². The molecule has 1 aromatic heterocycles. The molecule has 5 rings (SSSR count).